The topological polar surface area (TPSA) is 59.5 Å². The first kappa shape index (κ1) is 17.9. The van der Waals surface area contributed by atoms with E-state index in [0.29, 0.717) is 24.3 Å². The Morgan fingerprint density at radius 3 is 2.46 bits per heavy atom. The third-order valence-electron chi connectivity index (χ3n) is 5.09. The van der Waals surface area contributed by atoms with Gasteiger partial charge in [0, 0.05) is 25.2 Å². The molecule has 0 radical (unpaired) electrons. The molecule has 4 rings (SSSR count). The van der Waals surface area contributed by atoms with E-state index in [1.165, 1.54) is 24.4 Å². The van der Waals surface area contributed by atoms with Crippen molar-refractivity contribution in [1.29, 1.82) is 0 Å². The van der Waals surface area contributed by atoms with Crippen LogP contribution in [0.15, 0.2) is 72.9 Å². The van der Waals surface area contributed by atoms with Crippen LogP contribution in [0.25, 0.3) is 0 Å². The second-order valence-electron chi connectivity index (χ2n) is 6.77. The molecule has 5 nitrogen and oxygen atoms in total. The van der Waals surface area contributed by atoms with Crippen LogP contribution in [0.3, 0.4) is 0 Å². The minimum atomic E-state index is -0.470. The number of nitrogens with zero attached hydrogens (tertiary/aromatic N) is 2. The number of amides is 1. The number of benzene rings is 2. The maximum absolute atomic E-state index is 13.1. The molecule has 1 aromatic heterocycles. The zero-order valence-electron chi connectivity index (χ0n) is 15.5. The number of carbonyl (C=O) groups excluding carboxylic acids is 2. The van der Waals surface area contributed by atoms with Crippen molar-refractivity contribution in [3.8, 4) is 0 Å². The van der Waals surface area contributed by atoms with Crippen LogP contribution in [0.1, 0.15) is 43.5 Å². The van der Waals surface area contributed by atoms with E-state index < -0.39 is 5.97 Å². The molecule has 0 aliphatic carbocycles. The van der Waals surface area contributed by atoms with Gasteiger partial charge in [-0.1, -0.05) is 54.6 Å². The highest BCUT2D eigenvalue weighted by Crippen LogP contribution is 2.33. The Kier molecular flexibility index (Phi) is 4.89. The van der Waals surface area contributed by atoms with Crippen LogP contribution in [0.5, 0.6) is 0 Å². The third kappa shape index (κ3) is 3.39. The molecule has 3 aromatic rings. The largest absolute Gasteiger partial charge is 0.465 e. The number of aromatic nitrogens is 1. The molecule has 1 aliphatic rings. The molecule has 2 aromatic carbocycles. The number of carbonyl (C=O) groups is 2. The average molecular weight is 372 g/mol. The molecule has 28 heavy (non-hydrogen) atoms. The van der Waals surface area contributed by atoms with Crippen LogP contribution in [0.2, 0.25) is 0 Å². The first-order valence-electron chi connectivity index (χ1n) is 9.14. The summed E-state index contributed by atoms with van der Waals surface area (Å²) in [6.45, 7) is 1.12. The molecule has 0 fully saturated rings. The summed E-state index contributed by atoms with van der Waals surface area (Å²) < 4.78 is 4.68. The Bertz CT molecular complexity index is 1000. The fourth-order valence-electron chi connectivity index (χ4n) is 3.65. The van der Waals surface area contributed by atoms with E-state index in [-0.39, 0.29) is 11.8 Å². The van der Waals surface area contributed by atoms with Gasteiger partial charge in [-0.05, 0) is 28.8 Å². The second kappa shape index (κ2) is 7.64. The van der Waals surface area contributed by atoms with Crippen LogP contribution >= 0.6 is 0 Å². The molecular formula is C23H20N2O3. The Balaban J connectivity index is 1.64. The van der Waals surface area contributed by atoms with Gasteiger partial charge in [-0.2, -0.15) is 0 Å². The van der Waals surface area contributed by atoms with E-state index in [9.17, 15) is 9.59 Å². The number of fused-ring (bicyclic) bond motifs is 1. The average Bonchev–Trinajstić information content (AvgIpc) is 2.78. The monoisotopic (exact) mass is 372 g/mol. The van der Waals surface area contributed by atoms with Crippen LogP contribution < -0.4 is 0 Å². The van der Waals surface area contributed by atoms with Crippen molar-refractivity contribution in [3.63, 3.8) is 0 Å². The van der Waals surface area contributed by atoms with E-state index in [0.717, 1.165) is 5.56 Å². The number of methoxy groups -OCH3 is 1. The number of ether oxygens (including phenoxy) is 1. The van der Waals surface area contributed by atoms with Crippen molar-refractivity contribution in [1.82, 2.24) is 9.88 Å². The highest BCUT2D eigenvalue weighted by molar-refractivity contribution is 5.94. The molecule has 0 saturated heterocycles. The quantitative estimate of drug-likeness (QED) is 0.659. The van der Waals surface area contributed by atoms with E-state index in [1.807, 2.05) is 35.2 Å². The third-order valence-corrected chi connectivity index (χ3v) is 5.09. The fraction of sp³-hybridized carbons (Fsp3) is 0.174. The molecule has 1 amide bonds. The summed E-state index contributed by atoms with van der Waals surface area (Å²) in [5.41, 5.74) is 4.22. The van der Waals surface area contributed by atoms with Crippen molar-refractivity contribution in [2.24, 2.45) is 0 Å². The van der Waals surface area contributed by atoms with Crippen LogP contribution in [-0.2, 0) is 11.3 Å². The number of pyridine rings is 1. The molecule has 1 aliphatic heterocycles. The molecule has 0 N–H and O–H groups in total. The lowest BCUT2D eigenvalue weighted by atomic mass is 9.84. The molecule has 5 heteroatoms. The van der Waals surface area contributed by atoms with Gasteiger partial charge in [0.2, 0.25) is 0 Å². The Labute approximate surface area is 163 Å². The lowest BCUT2D eigenvalue weighted by molar-refractivity contribution is 0.0598. The molecule has 0 bridgehead atoms. The lowest BCUT2D eigenvalue weighted by Gasteiger charge is -2.35. The van der Waals surface area contributed by atoms with Gasteiger partial charge in [-0.15, -0.1) is 0 Å². The van der Waals surface area contributed by atoms with Crippen molar-refractivity contribution in [2.75, 3.05) is 13.7 Å². The minimum Gasteiger partial charge on any atom is -0.465 e. The molecular weight excluding hydrogens is 352 g/mol. The Morgan fingerprint density at radius 1 is 1.00 bits per heavy atom. The van der Waals surface area contributed by atoms with Crippen LogP contribution in [-0.4, -0.2) is 35.4 Å². The maximum atomic E-state index is 13.1. The summed E-state index contributed by atoms with van der Waals surface area (Å²) in [6.07, 6.45) is 1.38. The van der Waals surface area contributed by atoms with Crippen LogP contribution in [0.4, 0.5) is 0 Å². The maximum Gasteiger partial charge on any atom is 0.339 e. The van der Waals surface area contributed by atoms with Gasteiger partial charge in [0.1, 0.15) is 5.69 Å². The molecule has 0 spiro atoms. The summed E-state index contributed by atoms with van der Waals surface area (Å²) in [5.74, 6) is -0.501. The van der Waals surface area contributed by atoms with E-state index in [4.69, 9.17) is 0 Å². The standard InChI is InChI=1S/C23H20N2O3/c1-28-23(27)17-11-12-21(24-13-17)22(26)25-14-18-9-5-6-10-19(18)20(15-25)16-7-3-2-4-8-16/h2-13,20H,14-15H2,1H3/t20-/m0/s1. The van der Waals surface area contributed by atoms with Crippen molar-refractivity contribution >= 4 is 11.9 Å². The summed E-state index contributed by atoms with van der Waals surface area (Å²) in [7, 11) is 1.32. The van der Waals surface area contributed by atoms with Gasteiger partial charge >= 0.3 is 5.97 Å². The van der Waals surface area contributed by atoms with Crippen molar-refractivity contribution in [2.45, 2.75) is 12.5 Å². The van der Waals surface area contributed by atoms with Crippen molar-refractivity contribution in [3.05, 3.63) is 101 Å². The zero-order valence-corrected chi connectivity index (χ0v) is 15.5. The van der Waals surface area contributed by atoms with Gasteiger partial charge in [0.25, 0.3) is 5.91 Å². The van der Waals surface area contributed by atoms with E-state index >= 15 is 0 Å². The zero-order chi connectivity index (χ0) is 19.5. The summed E-state index contributed by atoms with van der Waals surface area (Å²) in [5, 5.41) is 0. The van der Waals surface area contributed by atoms with Gasteiger partial charge in [0.05, 0.1) is 12.7 Å². The molecule has 0 saturated carbocycles. The second-order valence-corrected chi connectivity index (χ2v) is 6.77. The van der Waals surface area contributed by atoms with Crippen molar-refractivity contribution < 1.29 is 14.3 Å². The fourth-order valence-corrected chi connectivity index (χ4v) is 3.65. The smallest absolute Gasteiger partial charge is 0.339 e. The molecule has 1 atom stereocenters. The highest BCUT2D eigenvalue weighted by Gasteiger charge is 2.30. The van der Waals surface area contributed by atoms with Crippen LogP contribution in [0, 0.1) is 0 Å². The first-order chi connectivity index (χ1) is 13.7. The van der Waals surface area contributed by atoms with Gasteiger partial charge in [0.15, 0.2) is 0 Å². The normalized spacial score (nSPS) is 15.6. The SMILES string of the molecule is COC(=O)c1ccc(C(=O)N2Cc3ccccc3[C@H](c3ccccc3)C2)nc1. The Morgan fingerprint density at radius 2 is 1.75 bits per heavy atom. The minimum absolute atomic E-state index is 0.115. The molecule has 2 heterocycles. The predicted octanol–water partition coefficient (Wildman–Crippen LogP) is 3.66. The molecule has 0 unspecified atom stereocenters. The number of esters is 1. The summed E-state index contributed by atoms with van der Waals surface area (Å²) >= 11 is 0. The first-order valence-corrected chi connectivity index (χ1v) is 9.14. The summed E-state index contributed by atoms with van der Waals surface area (Å²) in [4.78, 5) is 30.7. The highest BCUT2D eigenvalue weighted by atomic mass is 16.5. The molecule has 140 valence electrons. The Hall–Kier alpha value is -3.47. The number of hydrogen-bond acceptors (Lipinski definition) is 4. The number of rotatable bonds is 3. The van der Waals surface area contributed by atoms with Gasteiger partial charge in [-0.3, -0.25) is 9.78 Å². The van der Waals surface area contributed by atoms with E-state index in [2.05, 4.69) is 34.0 Å². The summed E-state index contributed by atoms with van der Waals surface area (Å²) in [6, 6.07) is 21.6. The van der Waals surface area contributed by atoms with E-state index in [1.54, 1.807) is 12.1 Å². The number of hydrogen-bond donors (Lipinski definition) is 0. The van der Waals surface area contributed by atoms with Gasteiger partial charge < -0.3 is 9.64 Å². The van der Waals surface area contributed by atoms with Gasteiger partial charge in [-0.25, -0.2) is 4.79 Å². The predicted molar refractivity (Wildman–Crippen MR) is 105 cm³/mol. The lowest BCUT2D eigenvalue weighted by Crippen LogP contribution is -2.39.